The molecule has 32 heavy (non-hydrogen) atoms. The zero-order chi connectivity index (χ0) is 21.8. The molecule has 1 fully saturated rings. The van der Waals surface area contributed by atoms with E-state index in [4.69, 9.17) is 4.74 Å². The summed E-state index contributed by atoms with van der Waals surface area (Å²) in [5.74, 6) is 1.99. The number of hydrogen-bond donors (Lipinski definition) is 0. The molecule has 2 atom stereocenters. The average Bonchev–Trinajstić information content (AvgIpc) is 3.22. The number of hydrogen-bond acceptors (Lipinski definition) is 4. The number of ether oxygens (including phenoxy) is 1. The molecule has 0 N–H and O–H groups in total. The van der Waals surface area contributed by atoms with E-state index in [2.05, 4.69) is 62.2 Å². The molecule has 0 amide bonds. The summed E-state index contributed by atoms with van der Waals surface area (Å²) in [5, 5.41) is 2.57. The van der Waals surface area contributed by atoms with Crippen LogP contribution in [0.5, 0.6) is 5.75 Å². The van der Waals surface area contributed by atoms with Gasteiger partial charge < -0.3 is 9.64 Å². The number of halogens is 1. The molecule has 0 radical (unpaired) electrons. The number of likely N-dealkylation sites (tertiary alicyclic amines) is 1. The number of pyridine rings is 1. The summed E-state index contributed by atoms with van der Waals surface area (Å²) in [6.07, 6.45) is 2.51. The number of benzene rings is 2. The fourth-order valence-corrected chi connectivity index (χ4v) is 5.77. The summed E-state index contributed by atoms with van der Waals surface area (Å²) in [4.78, 5) is 20.3. The Morgan fingerprint density at radius 1 is 1.12 bits per heavy atom. The Hall–Kier alpha value is -2.70. The number of nitrogens with zero attached hydrogens (tertiary/aromatic N) is 3. The quantitative estimate of drug-likeness (QED) is 0.422. The molecule has 2 aliphatic rings. The maximum absolute atomic E-state index is 13.1. The van der Waals surface area contributed by atoms with Crippen molar-refractivity contribution in [3.05, 3.63) is 86.4 Å². The highest BCUT2D eigenvalue weighted by Gasteiger charge is 2.39. The van der Waals surface area contributed by atoms with Crippen LogP contribution in [-0.2, 0) is 6.42 Å². The van der Waals surface area contributed by atoms with E-state index in [9.17, 15) is 4.79 Å². The van der Waals surface area contributed by atoms with Crippen LogP contribution in [0.25, 0.3) is 16.4 Å². The van der Waals surface area contributed by atoms with Gasteiger partial charge in [0, 0.05) is 59.0 Å². The fraction of sp³-hybridized carbons (Fsp3) is 0.308. The Balaban J connectivity index is 1.27. The first-order valence-electron chi connectivity index (χ1n) is 11.1. The lowest BCUT2D eigenvalue weighted by Crippen LogP contribution is -2.28. The van der Waals surface area contributed by atoms with Gasteiger partial charge in [0.1, 0.15) is 11.4 Å². The second-order valence-electron chi connectivity index (χ2n) is 8.94. The highest BCUT2D eigenvalue weighted by Crippen LogP contribution is 2.45. The Morgan fingerprint density at radius 2 is 2.00 bits per heavy atom. The van der Waals surface area contributed by atoms with Crippen LogP contribution in [0.4, 0.5) is 0 Å². The molecule has 6 rings (SSSR count). The molecule has 4 aromatic rings. The number of aromatic nitrogens is 2. The fourth-order valence-electron chi connectivity index (χ4n) is 5.44. The molecule has 6 heteroatoms. The molecule has 0 unspecified atom stereocenters. The molecular weight excluding hydrogens is 466 g/mol. The third-order valence-corrected chi connectivity index (χ3v) is 7.50. The lowest BCUT2D eigenvalue weighted by molar-refractivity contribution is 0.214. The van der Waals surface area contributed by atoms with E-state index >= 15 is 0 Å². The lowest BCUT2D eigenvalue weighted by atomic mass is 9.84. The summed E-state index contributed by atoms with van der Waals surface area (Å²) in [6, 6.07) is 16.7. The van der Waals surface area contributed by atoms with Gasteiger partial charge in [-0.05, 0) is 58.2 Å². The standard InChI is InChI=1S/C26H24BrN3O2/c1-16-20(26(31)30-13-19(27)7-9-24(30)28-16)10-11-29-12-18-15-32-23-8-6-17-4-2-3-5-21(17)25(23)22(18)14-29/h2-9,13,18,22H,10-12,14-15H2,1H3/t18-,22-/m1/s1. The minimum Gasteiger partial charge on any atom is -0.493 e. The third kappa shape index (κ3) is 3.24. The van der Waals surface area contributed by atoms with Crippen LogP contribution in [0.15, 0.2) is 64.0 Å². The molecule has 0 spiro atoms. The van der Waals surface area contributed by atoms with Crippen LogP contribution < -0.4 is 10.3 Å². The molecular formula is C26H24BrN3O2. The first-order valence-corrected chi connectivity index (χ1v) is 11.9. The van der Waals surface area contributed by atoms with Crippen molar-refractivity contribution in [3.63, 3.8) is 0 Å². The van der Waals surface area contributed by atoms with Crippen molar-refractivity contribution in [1.29, 1.82) is 0 Å². The zero-order valence-electron chi connectivity index (χ0n) is 17.9. The first-order chi connectivity index (χ1) is 15.6. The molecule has 162 valence electrons. The SMILES string of the molecule is Cc1nc2ccc(Br)cn2c(=O)c1CCN1C[C@@H]2COc3ccc4ccccc4c3[C@@H]2C1. The van der Waals surface area contributed by atoms with Gasteiger partial charge in [0.05, 0.1) is 6.61 Å². The van der Waals surface area contributed by atoms with Crippen LogP contribution in [-0.4, -0.2) is 40.5 Å². The van der Waals surface area contributed by atoms with Gasteiger partial charge in [-0.1, -0.05) is 30.3 Å². The van der Waals surface area contributed by atoms with Crippen molar-refractivity contribution in [2.75, 3.05) is 26.2 Å². The molecule has 0 saturated carbocycles. The van der Waals surface area contributed by atoms with Crippen molar-refractivity contribution in [2.45, 2.75) is 19.3 Å². The van der Waals surface area contributed by atoms with Crippen LogP contribution in [0.2, 0.25) is 0 Å². The predicted octanol–water partition coefficient (Wildman–Crippen LogP) is 4.57. The van der Waals surface area contributed by atoms with Gasteiger partial charge in [0.15, 0.2) is 0 Å². The van der Waals surface area contributed by atoms with Crippen LogP contribution in [0.1, 0.15) is 22.7 Å². The smallest absolute Gasteiger partial charge is 0.261 e. The Kier molecular flexibility index (Phi) is 4.81. The van der Waals surface area contributed by atoms with Gasteiger partial charge in [-0.3, -0.25) is 9.20 Å². The molecule has 4 heterocycles. The highest BCUT2D eigenvalue weighted by molar-refractivity contribution is 9.10. The normalized spacial score (nSPS) is 20.3. The number of aryl methyl sites for hydroxylation is 1. The molecule has 2 aromatic carbocycles. The first kappa shape index (κ1) is 19.9. The van der Waals surface area contributed by atoms with Crippen molar-refractivity contribution in [1.82, 2.24) is 14.3 Å². The van der Waals surface area contributed by atoms with E-state index in [1.165, 1.54) is 16.3 Å². The van der Waals surface area contributed by atoms with Crippen molar-refractivity contribution in [3.8, 4) is 5.75 Å². The van der Waals surface area contributed by atoms with E-state index in [1.807, 2.05) is 19.1 Å². The second-order valence-corrected chi connectivity index (χ2v) is 9.86. The monoisotopic (exact) mass is 489 g/mol. The van der Waals surface area contributed by atoms with Crippen LogP contribution in [0, 0.1) is 12.8 Å². The highest BCUT2D eigenvalue weighted by atomic mass is 79.9. The van der Waals surface area contributed by atoms with E-state index < -0.39 is 0 Å². The molecule has 0 bridgehead atoms. The zero-order valence-corrected chi connectivity index (χ0v) is 19.5. The minimum atomic E-state index is 0.0325. The van der Waals surface area contributed by atoms with Crippen molar-refractivity contribution < 1.29 is 4.74 Å². The largest absolute Gasteiger partial charge is 0.493 e. The summed E-state index contributed by atoms with van der Waals surface area (Å²) in [6.45, 7) is 5.56. The van der Waals surface area contributed by atoms with Gasteiger partial charge in [-0.15, -0.1) is 0 Å². The summed E-state index contributed by atoms with van der Waals surface area (Å²) in [7, 11) is 0. The number of fused-ring (bicyclic) bond motifs is 6. The number of rotatable bonds is 3. The molecule has 2 aliphatic heterocycles. The van der Waals surface area contributed by atoms with E-state index in [0.717, 1.165) is 47.7 Å². The van der Waals surface area contributed by atoms with E-state index in [0.29, 0.717) is 23.9 Å². The van der Waals surface area contributed by atoms with Crippen molar-refractivity contribution in [2.24, 2.45) is 5.92 Å². The summed E-state index contributed by atoms with van der Waals surface area (Å²) in [5.41, 5.74) is 3.71. The van der Waals surface area contributed by atoms with E-state index in [1.54, 1.807) is 10.6 Å². The summed E-state index contributed by atoms with van der Waals surface area (Å²) < 4.78 is 8.68. The second kappa shape index (κ2) is 7.71. The van der Waals surface area contributed by atoms with Gasteiger partial charge in [-0.2, -0.15) is 0 Å². The van der Waals surface area contributed by atoms with Gasteiger partial charge in [0.25, 0.3) is 5.56 Å². The van der Waals surface area contributed by atoms with Gasteiger partial charge >= 0.3 is 0 Å². The molecule has 0 aliphatic carbocycles. The Bertz CT molecular complexity index is 1410. The van der Waals surface area contributed by atoms with Crippen LogP contribution >= 0.6 is 15.9 Å². The molecule has 2 aromatic heterocycles. The van der Waals surface area contributed by atoms with Gasteiger partial charge in [0.2, 0.25) is 0 Å². The van der Waals surface area contributed by atoms with Crippen LogP contribution in [0.3, 0.4) is 0 Å². The Labute approximate surface area is 194 Å². The average molecular weight is 490 g/mol. The van der Waals surface area contributed by atoms with E-state index in [-0.39, 0.29) is 5.56 Å². The lowest BCUT2D eigenvalue weighted by Gasteiger charge is -2.29. The van der Waals surface area contributed by atoms with Gasteiger partial charge in [-0.25, -0.2) is 4.98 Å². The minimum absolute atomic E-state index is 0.0325. The predicted molar refractivity (Wildman–Crippen MR) is 130 cm³/mol. The topological polar surface area (TPSA) is 46.8 Å². The molecule has 1 saturated heterocycles. The summed E-state index contributed by atoms with van der Waals surface area (Å²) >= 11 is 3.46. The molecule has 5 nitrogen and oxygen atoms in total. The third-order valence-electron chi connectivity index (χ3n) is 7.04. The maximum atomic E-state index is 13.1. The van der Waals surface area contributed by atoms with Crippen molar-refractivity contribution >= 4 is 32.3 Å². The maximum Gasteiger partial charge on any atom is 0.261 e. The Morgan fingerprint density at radius 3 is 2.91 bits per heavy atom.